The van der Waals surface area contributed by atoms with Crippen molar-refractivity contribution in [3.8, 4) is 12.3 Å². The Bertz CT molecular complexity index is 130. The zero-order chi connectivity index (χ0) is 7.23. The van der Waals surface area contributed by atoms with E-state index in [1.165, 1.54) is 0 Å². The third-order valence-corrected chi connectivity index (χ3v) is 1.71. The molecule has 1 N–H and O–H groups in total. The first kappa shape index (κ1) is 14.6. The predicted octanol–water partition coefficient (Wildman–Crippen LogP) is 1.23. The highest BCUT2D eigenvalue weighted by Crippen LogP contribution is 2.04. The molecule has 0 bridgehead atoms. The number of nitrogens with one attached hydrogen (secondary N) is 1. The topological polar surface area (TPSA) is 21.3 Å². The fourth-order valence-corrected chi connectivity index (χ4v) is 1.10. The summed E-state index contributed by atoms with van der Waals surface area (Å²) in [6.07, 6.45) is 7.30. The smallest absolute Gasteiger partial charge is 0.0575 e. The van der Waals surface area contributed by atoms with Gasteiger partial charge in [-0.3, -0.25) is 0 Å². The first-order valence-corrected chi connectivity index (χ1v) is 3.68. The van der Waals surface area contributed by atoms with Gasteiger partial charge in [-0.1, -0.05) is 5.92 Å². The molecule has 0 amide bonds. The van der Waals surface area contributed by atoms with E-state index in [0.717, 1.165) is 26.1 Å². The second-order valence-electron chi connectivity index (χ2n) is 2.47. The zero-order valence-electron chi connectivity index (χ0n) is 6.91. The summed E-state index contributed by atoms with van der Waals surface area (Å²) in [5, 5.41) is 3.26. The summed E-state index contributed by atoms with van der Waals surface area (Å²) < 4.78 is 5.19. The highest BCUT2D eigenvalue weighted by atomic mass is 35.5. The van der Waals surface area contributed by atoms with Crippen LogP contribution in [0.1, 0.15) is 12.8 Å². The molecular formula is C8H15Cl2NO. The molecule has 0 saturated carbocycles. The number of halogens is 2. The zero-order valence-corrected chi connectivity index (χ0v) is 8.55. The van der Waals surface area contributed by atoms with Crippen LogP contribution in [0.25, 0.3) is 0 Å². The van der Waals surface area contributed by atoms with Crippen LogP contribution >= 0.6 is 24.8 Å². The number of rotatable bonds is 2. The largest absolute Gasteiger partial charge is 0.381 e. The van der Waals surface area contributed by atoms with Gasteiger partial charge in [0.2, 0.25) is 0 Å². The third kappa shape index (κ3) is 5.68. The number of hydrogen-bond donors (Lipinski definition) is 1. The van der Waals surface area contributed by atoms with Crippen molar-refractivity contribution in [1.29, 1.82) is 0 Å². The van der Waals surface area contributed by atoms with Crippen LogP contribution in [0.5, 0.6) is 0 Å². The maximum Gasteiger partial charge on any atom is 0.0575 e. The van der Waals surface area contributed by atoms with Crippen molar-refractivity contribution in [2.24, 2.45) is 0 Å². The number of hydrogen-bond acceptors (Lipinski definition) is 2. The van der Waals surface area contributed by atoms with Crippen LogP contribution in [0.4, 0.5) is 0 Å². The van der Waals surface area contributed by atoms with E-state index in [4.69, 9.17) is 11.2 Å². The fraction of sp³-hybridized carbons (Fsp3) is 0.750. The molecule has 0 atom stereocenters. The Morgan fingerprint density at radius 3 is 2.42 bits per heavy atom. The van der Waals surface area contributed by atoms with Gasteiger partial charge in [0.25, 0.3) is 0 Å². The molecule has 0 aromatic rings. The third-order valence-electron chi connectivity index (χ3n) is 1.71. The average Bonchev–Trinajstić information content (AvgIpc) is 2.03. The van der Waals surface area contributed by atoms with E-state index in [1.54, 1.807) is 0 Å². The molecule has 0 aromatic heterocycles. The van der Waals surface area contributed by atoms with Gasteiger partial charge in [-0.05, 0) is 12.8 Å². The van der Waals surface area contributed by atoms with Crippen LogP contribution in [0, 0.1) is 12.3 Å². The van der Waals surface area contributed by atoms with E-state index in [1.807, 2.05) is 0 Å². The molecule has 1 heterocycles. The maximum absolute atomic E-state index is 5.19. The monoisotopic (exact) mass is 211 g/mol. The molecule has 1 aliphatic rings. The van der Waals surface area contributed by atoms with Gasteiger partial charge in [-0.2, -0.15) is 0 Å². The molecule has 1 saturated heterocycles. The summed E-state index contributed by atoms with van der Waals surface area (Å²) in [5.41, 5.74) is 0. The van der Waals surface area contributed by atoms with Gasteiger partial charge in [-0.15, -0.1) is 31.2 Å². The van der Waals surface area contributed by atoms with Crippen molar-refractivity contribution in [1.82, 2.24) is 5.32 Å². The van der Waals surface area contributed by atoms with E-state index in [0.29, 0.717) is 12.6 Å². The Labute approximate surface area is 86.3 Å². The molecule has 1 fully saturated rings. The molecule has 1 aliphatic heterocycles. The van der Waals surface area contributed by atoms with Crippen LogP contribution in [0.2, 0.25) is 0 Å². The minimum absolute atomic E-state index is 0. The van der Waals surface area contributed by atoms with Gasteiger partial charge in [0, 0.05) is 19.3 Å². The summed E-state index contributed by atoms with van der Waals surface area (Å²) >= 11 is 0. The Morgan fingerprint density at radius 2 is 1.92 bits per heavy atom. The summed E-state index contributed by atoms with van der Waals surface area (Å²) in [5.74, 6) is 2.56. The molecule has 0 aromatic carbocycles. The van der Waals surface area contributed by atoms with Crippen LogP contribution in [0.15, 0.2) is 0 Å². The molecule has 0 aliphatic carbocycles. The maximum atomic E-state index is 5.19. The number of ether oxygens (including phenoxy) is 1. The van der Waals surface area contributed by atoms with Gasteiger partial charge in [0.05, 0.1) is 6.54 Å². The fourth-order valence-electron chi connectivity index (χ4n) is 1.10. The van der Waals surface area contributed by atoms with Crippen LogP contribution in [-0.4, -0.2) is 25.8 Å². The molecule has 4 heteroatoms. The van der Waals surface area contributed by atoms with Crippen LogP contribution < -0.4 is 5.32 Å². The first-order chi connectivity index (χ1) is 4.93. The van der Waals surface area contributed by atoms with Crippen molar-refractivity contribution >= 4 is 24.8 Å². The Hall–Kier alpha value is 0.0600. The van der Waals surface area contributed by atoms with Gasteiger partial charge >= 0.3 is 0 Å². The second kappa shape index (κ2) is 9.15. The summed E-state index contributed by atoms with van der Waals surface area (Å²) in [6, 6.07) is 0.588. The van der Waals surface area contributed by atoms with Crippen LogP contribution in [0.3, 0.4) is 0 Å². The van der Waals surface area contributed by atoms with E-state index >= 15 is 0 Å². The van der Waals surface area contributed by atoms with E-state index in [9.17, 15) is 0 Å². The number of terminal acetylenes is 1. The SMILES string of the molecule is C#CCNC1CCOCC1.Cl.Cl. The van der Waals surface area contributed by atoms with Crippen molar-refractivity contribution in [2.45, 2.75) is 18.9 Å². The molecule has 0 spiro atoms. The van der Waals surface area contributed by atoms with Gasteiger partial charge in [-0.25, -0.2) is 0 Å². The van der Waals surface area contributed by atoms with Gasteiger partial charge < -0.3 is 10.1 Å². The lowest BCUT2D eigenvalue weighted by Crippen LogP contribution is -2.34. The summed E-state index contributed by atoms with van der Waals surface area (Å²) in [6.45, 7) is 2.44. The lowest BCUT2D eigenvalue weighted by molar-refractivity contribution is 0.0791. The van der Waals surface area contributed by atoms with Crippen molar-refractivity contribution in [3.63, 3.8) is 0 Å². The lowest BCUT2D eigenvalue weighted by atomic mass is 10.1. The van der Waals surface area contributed by atoms with Crippen molar-refractivity contribution < 1.29 is 4.74 Å². The minimum atomic E-state index is 0. The molecule has 1 rings (SSSR count). The van der Waals surface area contributed by atoms with Crippen LogP contribution in [-0.2, 0) is 4.74 Å². The Morgan fingerprint density at radius 1 is 1.33 bits per heavy atom. The average molecular weight is 212 g/mol. The van der Waals surface area contributed by atoms with Crippen molar-refractivity contribution in [3.05, 3.63) is 0 Å². The highest BCUT2D eigenvalue weighted by molar-refractivity contribution is 5.85. The second-order valence-corrected chi connectivity index (χ2v) is 2.47. The minimum Gasteiger partial charge on any atom is -0.381 e. The highest BCUT2D eigenvalue weighted by Gasteiger charge is 2.11. The van der Waals surface area contributed by atoms with Gasteiger partial charge in [0.15, 0.2) is 0 Å². The van der Waals surface area contributed by atoms with Crippen molar-refractivity contribution in [2.75, 3.05) is 19.8 Å². The quantitative estimate of drug-likeness (QED) is 0.695. The molecule has 0 unspecified atom stereocenters. The predicted molar refractivity (Wildman–Crippen MR) is 55.2 cm³/mol. The Balaban J connectivity index is 0. The standard InChI is InChI=1S/C8H13NO.2ClH/c1-2-5-9-8-3-6-10-7-4-8;;/h1,8-9H,3-7H2;2*1H. The summed E-state index contributed by atoms with van der Waals surface area (Å²) in [7, 11) is 0. The normalized spacial score (nSPS) is 16.9. The lowest BCUT2D eigenvalue weighted by Gasteiger charge is -2.21. The van der Waals surface area contributed by atoms with E-state index < -0.39 is 0 Å². The molecule has 72 valence electrons. The van der Waals surface area contributed by atoms with Gasteiger partial charge in [0.1, 0.15) is 0 Å². The molecular weight excluding hydrogens is 197 g/mol. The Kier molecular flexibility index (Phi) is 11.1. The molecule has 12 heavy (non-hydrogen) atoms. The molecule has 2 nitrogen and oxygen atoms in total. The molecule has 0 radical (unpaired) electrons. The first-order valence-electron chi connectivity index (χ1n) is 3.68. The summed E-state index contributed by atoms with van der Waals surface area (Å²) in [4.78, 5) is 0. The van der Waals surface area contributed by atoms with E-state index in [-0.39, 0.29) is 24.8 Å². The van der Waals surface area contributed by atoms with E-state index in [2.05, 4.69) is 11.2 Å².